The first-order valence-corrected chi connectivity index (χ1v) is 8.93. The summed E-state index contributed by atoms with van der Waals surface area (Å²) in [5, 5.41) is 8.91. The lowest BCUT2D eigenvalue weighted by molar-refractivity contribution is 0.186. The van der Waals surface area contributed by atoms with Gasteiger partial charge in [-0.2, -0.15) is 0 Å². The van der Waals surface area contributed by atoms with E-state index in [1.54, 1.807) is 17.6 Å². The number of aliphatic imine (C=N–C) groups is 1. The Morgan fingerprint density at radius 2 is 2.30 bits per heavy atom. The molecule has 0 saturated carbocycles. The molecule has 1 aliphatic heterocycles. The van der Waals surface area contributed by atoms with E-state index in [9.17, 15) is 0 Å². The lowest BCUT2D eigenvalue weighted by Gasteiger charge is -2.14. The Balaban J connectivity index is 1.49. The van der Waals surface area contributed by atoms with Crippen LogP contribution >= 0.6 is 11.3 Å². The van der Waals surface area contributed by atoms with E-state index in [-0.39, 0.29) is 0 Å². The number of hydrogen-bond acceptors (Lipinski definition) is 4. The summed E-state index contributed by atoms with van der Waals surface area (Å²) in [6, 6.07) is 8.08. The third kappa shape index (κ3) is 5.41. The van der Waals surface area contributed by atoms with Crippen molar-refractivity contribution in [2.75, 3.05) is 26.3 Å². The van der Waals surface area contributed by atoms with Crippen LogP contribution < -0.4 is 10.6 Å². The smallest absolute Gasteiger partial charge is 0.191 e. The summed E-state index contributed by atoms with van der Waals surface area (Å²) in [5.74, 6) is 2.42. The van der Waals surface area contributed by atoms with Gasteiger partial charge in [-0.3, -0.25) is 0 Å². The predicted molar refractivity (Wildman–Crippen MR) is 92.8 cm³/mol. The van der Waals surface area contributed by atoms with E-state index in [0.29, 0.717) is 12.5 Å². The molecular weight excluding hydrogens is 310 g/mol. The number of hydrogen-bond donors (Lipinski definition) is 2. The van der Waals surface area contributed by atoms with Gasteiger partial charge in [-0.15, -0.1) is 11.3 Å². The van der Waals surface area contributed by atoms with E-state index < -0.39 is 0 Å². The van der Waals surface area contributed by atoms with Gasteiger partial charge in [0.1, 0.15) is 5.76 Å². The summed E-state index contributed by atoms with van der Waals surface area (Å²) < 4.78 is 10.8. The monoisotopic (exact) mass is 333 g/mol. The highest BCUT2D eigenvalue weighted by molar-refractivity contribution is 7.09. The number of thiophene rings is 1. The average molecular weight is 333 g/mol. The molecule has 1 fully saturated rings. The van der Waals surface area contributed by atoms with Crippen molar-refractivity contribution >= 4 is 17.3 Å². The first-order chi connectivity index (χ1) is 11.4. The molecule has 0 radical (unpaired) electrons. The first kappa shape index (κ1) is 16.1. The van der Waals surface area contributed by atoms with E-state index in [1.165, 1.54) is 4.88 Å². The molecule has 1 saturated heterocycles. The van der Waals surface area contributed by atoms with Crippen LogP contribution in [0.1, 0.15) is 17.1 Å². The van der Waals surface area contributed by atoms with E-state index in [2.05, 4.69) is 33.1 Å². The zero-order valence-electron chi connectivity index (χ0n) is 13.2. The Bertz CT molecular complexity index is 575. The minimum atomic E-state index is 0.578. The summed E-state index contributed by atoms with van der Waals surface area (Å²) in [5.41, 5.74) is 0. The fourth-order valence-electron chi connectivity index (χ4n) is 2.48. The number of nitrogens with zero attached hydrogens (tertiary/aromatic N) is 1. The molecular formula is C17H23N3O2S. The minimum Gasteiger partial charge on any atom is -0.469 e. The van der Waals surface area contributed by atoms with Gasteiger partial charge in [-0.05, 0) is 30.0 Å². The quantitative estimate of drug-likeness (QED) is 0.604. The van der Waals surface area contributed by atoms with E-state index >= 15 is 0 Å². The van der Waals surface area contributed by atoms with Gasteiger partial charge in [0.15, 0.2) is 5.96 Å². The van der Waals surface area contributed by atoms with Gasteiger partial charge in [0.25, 0.3) is 0 Å². The van der Waals surface area contributed by atoms with Crippen LogP contribution in [0, 0.1) is 5.92 Å². The molecule has 2 aromatic rings. The lowest BCUT2D eigenvalue weighted by Crippen LogP contribution is -2.40. The fourth-order valence-corrected chi connectivity index (χ4v) is 3.11. The molecule has 5 nitrogen and oxygen atoms in total. The maximum absolute atomic E-state index is 5.43. The van der Waals surface area contributed by atoms with Crippen LogP contribution in [0.3, 0.4) is 0 Å². The van der Waals surface area contributed by atoms with Crippen LogP contribution in [0.2, 0.25) is 0 Å². The normalized spacial score (nSPS) is 18.3. The van der Waals surface area contributed by atoms with Crippen LogP contribution in [-0.4, -0.2) is 32.3 Å². The number of guanidine groups is 1. The second-order valence-electron chi connectivity index (χ2n) is 5.61. The molecule has 0 amide bonds. The van der Waals surface area contributed by atoms with Crippen molar-refractivity contribution in [1.82, 2.24) is 10.6 Å². The van der Waals surface area contributed by atoms with E-state index in [1.807, 2.05) is 12.1 Å². The standard InChI is InChI=1S/C17H23N3O2S/c1-3-15(22-8-1)5-7-18-17(19-11-14-6-9-21-13-14)20-12-16-4-2-10-23-16/h1-4,8,10,14H,5-7,9,11-13H2,(H2,18,19,20). The average Bonchev–Trinajstić information content (AvgIpc) is 3.33. The van der Waals surface area contributed by atoms with Gasteiger partial charge in [-0.1, -0.05) is 6.07 Å². The van der Waals surface area contributed by atoms with Crippen LogP contribution in [-0.2, 0) is 17.7 Å². The molecule has 0 aliphatic carbocycles. The van der Waals surface area contributed by atoms with Gasteiger partial charge in [0.05, 0.1) is 19.4 Å². The van der Waals surface area contributed by atoms with E-state index in [0.717, 1.165) is 50.9 Å². The fraction of sp³-hybridized carbons (Fsp3) is 0.471. The van der Waals surface area contributed by atoms with Gasteiger partial charge >= 0.3 is 0 Å². The zero-order valence-corrected chi connectivity index (χ0v) is 14.0. The molecule has 2 N–H and O–H groups in total. The molecule has 6 heteroatoms. The largest absolute Gasteiger partial charge is 0.469 e. The van der Waals surface area contributed by atoms with Crippen molar-refractivity contribution in [3.05, 3.63) is 46.5 Å². The van der Waals surface area contributed by atoms with Gasteiger partial charge < -0.3 is 19.8 Å². The Hall–Kier alpha value is -1.79. The third-order valence-corrected chi connectivity index (χ3v) is 4.66. The van der Waals surface area contributed by atoms with Gasteiger partial charge in [0, 0.05) is 36.9 Å². The molecule has 1 aliphatic rings. The molecule has 3 rings (SSSR count). The summed E-state index contributed by atoms with van der Waals surface area (Å²) in [6.45, 7) is 4.12. The Kier molecular flexibility index (Phi) is 6.11. The SMILES string of the molecule is c1coc(CCNC(=NCc2cccs2)NCC2CCOC2)c1. The summed E-state index contributed by atoms with van der Waals surface area (Å²) in [7, 11) is 0. The summed E-state index contributed by atoms with van der Waals surface area (Å²) in [4.78, 5) is 5.94. The molecule has 2 aromatic heterocycles. The van der Waals surface area contributed by atoms with Crippen LogP contribution in [0.4, 0.5) is 0 Å². The van der Waals surface area contributed by atoms with Gasteiger partial charge in [0.2, 0.25) is 0 Å². The van der Waals surface area contributed by atoms with Crippen LogP contribution in [0.25, 0.3) is 0 Å². The number of ether oxygens (including phenoxy) is 1. The predicted octanol–water partition coefficient (Wildman–Crippen LogP) is 2.66. The van der Waals surface area contributed by atoms with Crippen molar-refractivity contribution in [2.45, 2.75) is 19.4 Å². The van der Waals surface area contributed by atoms with Crippen LogP contribution in [0.5, 0.6) is 0 Å². The second kappa shape index (κ2) is 8.74. The van der Waals surface area contributed by atoms with Crippen LogP contribution in [0.15, 0.2) is 45.3 Å². The summed E-state index contributed by atoms with van der Waals surface area (Å²) in [6.07, 6.45) is 3.68. The van der Waals surface area contributed by atoms with Crippen molar-refractivity contribution in [3.8, 4) is 0 Å². The van der Waals surface area contributed by atoms with Crippen molar-refractivity contribution < 1.29 is 9.15 Å². The topological polar surface area (TPSA) is 58.8 Å². The van der Waals surface area contributed by atoms with Crippen molar-refractivity contribution in [3.63, 3.8) is 0 Å². The highest BCUT2D eigenvalue weighted by atomic mass is 32.1. The molecule has 3 heterocycles. The van der Waals surface area contributed by atoms with Gasteiger partial charge in [-0.25, -0.2) is 4.99 Å². The molecule has 0 aromatic carbocycles. The Morgan fingerprint density at radius 3 is 3.04 bits per heavy atom. The maximum Gasteiger partial charge on any atom is 0.191 e. The second-order valence-corrected chi connectivity index (χ2v) is 6.64. The molecule has 124 valence electrons. The minimum absolute atomic E-state index is 0.578. The number of nitrogens with one attached hydrogen (secondary N) is 2. The highest BCUT2D eigenvalue weighted by Crippen LogP contribution is 2.11. The third-order valence-electron chi connectivity index (χ3n) is 3.80. The summed E-state index contributed by atoms with van der Waals surface area (Å²) >= 11 is 1.73. The Morgan fingerprint density at radius 1 is 1.30 bits per heavy atom. The number of furan rings is 1. The number of rotatable bonds is 7. The van der Waals surface area contributed by atoms with Crippen molar-refractivity contribution in [1.29, 1.82) is 0 Å². The van der Waals surface area contributed by atoms with E-state index in [4.69, 9.17) is 9.15 Å². The molecule has 0 bridgehead atoms. The lowest BCUT2D eigenvalue weighted by atomic mass is 10.1. The first-order valence-electron chi connectivity index (χ1n) is 8.05. The van der Waals surface area contributed by atoms with Crippen molar-refractivity contribution in [2.24, 2.45) is 10.9 Å². The highest BCUT2D eigenvalue weighted by Gasteiger charge is 2.15. The zero-order chi connectivity index (χ0) is 15.7. The molecule has 1 unspecified atom stereocenters. The Labute approximate surface area is 140 Å². The maximum atomic E-state index is 5.43. The molecule has 1 atom stereocenters. The molecule has 23 heavy (non-hydrogen) atoms. The molecule has 0 spiro atoms.